The van der Waals surface area contributed by atoms with Crippen LogP contribution in [0.15, 0.2) is 84.0 Å². The van der Waals surface area contributed by atoms with Gasteiger partial charge in [0.2, 0.25) is 5.91 Å². The lowest BCUT2D eigenvalue weighted by Crippen LogP contribution is -2.58. The number of amides is 3. The van der Waals surface area contributed by atoms with E-state index in [9.17, 15) is 14.4 Å². The highest BCUT2D eigenvalue weighted by Gasteiger charge is 2.38. The first-order valence-corrected chi connectivity index (χ1v) is 12.3. The molecule has 1 saturated heterocycles. The molecule has 38 heavy (non-hydrogen) atoms. The van der Waals surface area contributed by atoms with Crippen LogP contribution in [0.4, 0.5) is 5.69 Å². The zero-order valence-corrected chi connectivity index (χ0v) is 21.5. The number of aryl methyl sites for hydroxylation is 2. The van der Waals surface area contributed by atoms with Gasteiger partial charge in [0.25, 0.3) is 11.8 Å². The normalized spacial score (nSPS) is 15.7. The van der Waals surface area contributed by atoms with Gasteiger partial charge in [0.05, 0.1) is 22.5 Å². The molecule has 3 aromatic carbocycles. The number of pyridine rings is 1. The van der Waals surface area contributed by atoms with Gasteiger partial charge in [-0.3, -0.25) is 19.3 Å². The molecular weight excluding hydrogens is 498 g/mol. The average molecular weight is 522 g/mol. The molecule has 9 heteroatoms. The van der Waals surface area contributed by atoms with Gasteiger partial charge in [0.1, 0.15) is 0 Å². The summed E-state index contributed by atoms with van der Waals surface area (Å²) in [6.45, 7) is 3.89. The van der Waals surface area contributed by atoms with Crippen molar-refractivity contribution in [1.82, 2.24) is 15.7 Å². The molecule has 1 aliphatic heterocycles. The molecule has 0 saturated carbocycles. The van der Waals surface area contributed by atoms with Gasteiger partial charge in [0.15, 0.2) is 11.0 Å². The summed E-state index contributed by atoms with van der Waals surface area (Å²) in [7, 11) is 0. The van der Waals surface area contributed by atoms with Gasteiger partial charge < -0.3 is 5.32 Å². The third kappa shape index (κ3) is 4.79. The predicted octanol–water partition coefficient (Wildman–Crippen LogP) is 4.30. The molecule has 2 heterocycles. The minimum atomic E-state index is -1.27. The van der Waals surface area contributed by atoms with Gasteiger partial charge >= 0.3 is 0 Å². The fraction of sp³-hybridized carbons (Fsp3) is 0.103. The fourth-order valence-corrected chi connectivity index (χ4v) is 4.48. The van der Waals surface area contributed by atoms with Crippen molar-refractivity contribution in [3.05, 3.63) is 95.6 Å². The Bertz CT molecular complexity index is 1630. The maximum Gasteiger partial charge on any atom is 0.272 e. The molecule has 0 radical (unpaired) electrons. The number of hydrogen-bond acceptors (Lipinski definition) is 6. The van der Waals surface area contributed by atoms with Gasteiger partial charge in [-0.05, 0) is 61.5 Å². The molecule has 4 aromatic rings. The van der Waals surface area contributed by atoms with Crippen molar-refractivity contribution in [2.75, 3.05) is 4.90 Å². The van der Waals surface area contributed by atoms with Crippen LogP contribution in [-0.4, -0.2) is 34.0 Å². The number of rotatable bonds is 5. The van der Waals surface area contributed by atoms with E-state index < -0.39 is 23.6 Å². The Morgan fingerprint density at radius 3 is 2.50 bits per heavy atom. The summed E-state index contributed by atoms with van der Waals surface area (Å²) in [5, 5.41) is 7.16. The lowest BCUT2D eigenvalue weighted by atomic mass is 10.0. The second-order valence-electron chi connectivity index (χ2n) is 8.87. The van der Waals surface area contributed by atoms with Gasteiger partial charge in [-0.2, -0.15) is 5.10 Å². The van der Waals surface area contributed by atoms with Crippen LogP contribution in [0.3, 0.4) is 0 Å². The number of hydrogen-bond donors (Lipinski definition) is 2. The van der Waals surface area contributed by atoms with E-state index in [1.807, 2.05) is 74.5 Å². The van der Waals surface area contributed by atoms with Crippen molar-refractivity contribution in [1.29, 1.82) is 0 Å². The summed E-state index contributed by atoms with van der Waals surface area (Å²) in [5.74, 6) is -2.93. The average Bonchev–Trinajstić information content (AvgIpc) is 2.92. The van der Waals surface area contributed by atoms with Crippen LogP contribution in [0.2, 0.25) is 0 Å². The Hall–Kier alpha value is -4.76. The van der Waals surface area contributed by atoms with Gasteiger partial charge in [-0.15, -0.1) is 0 Å². The van der Waals surface area contributed by atoms with Gasteiger partial charge in [-0.1, -0.05) is 54.6 Å². The third-order valence-corrected chi connectivity index (χ3v) is 6.66. The zero-order chi connectivity index (χ0) is 26.8. The lowest BCUT2D eigenvalue weighted by Gasteiger charge is -2.31. The minimum absolute atomic E-state index is 0.00589. The number of nitrogens with one attached hydrogen (secondary N) is 2. The Balaban J connectivity index is 1.40. The van der Waals surface area contributed by atoms with E-state index in [-0.39, 0.29) is 5.11 Å². The molecule has 0 spiro atoms. The molecule has 1 aromatic heterocycles. The molecular formula is C29H23N5O3S. The summed E-state index contributed by atoms with van der Waals surface area (Å²) < 4.78 is 0. The number of carbonyl (C=O) groups excluding carboxylic acids is 3. The smallest absolute Gasteiger partial charge is 0.272 e. The number of anilines is 1. The highest BCUT2D eigenvalue weighted by atomic mass is 32.1. The van der Waals surface area contributed by atoms with Crippen molar-refractivity contribution in [3.63, 3.8) is 0 Å². The fourth-order valence-electron chi connectivity index (χ4n) is 4.18. The minimum Gasteiger partial charge on any atom is -0.301 e. The highest BCUT2D eigenvalue weighted by molar-refractivity contribution is 7.80. The number of benzene rings is 3. The summed E-state index contributed by atoms with van der Waals surface area (Å²) >= 11 is 5.26. The first-order chi connectivity index (χ1) is 18.3. The van der Waals surface area contributed by atoms with Crippen molar-refractivity contribution in [2.45, 2.75) is 13.8 Å². The summed E-state index contributed by atoms with van der Waals surface area (Å²) in [5.41, 5.74) is 7.57. The Labute approximate surface area is 224 Å². The van der Waals surface area contributed by atoms with Crippen molar-refractivity contribution in [3.8, 4) is 11.3 Å². The summed E-state index contributed by atoms with van der Waals surface area (Å²) in [6.07, 6.45) is 1.12. The van der Waals surface area contributed by atoms with E-state index in [1.165, 1.54) is 4.90 Å². The second-order valence-corrected chi connectivity index (χ2v) is 9.26. The standard InChI is InChI=1S/C29H23N5O3S/c1-17-12-13-20(14-18(17)2)34-28(37)23(26(35)32-29(34)38)16-30-33-27(36)22-15-25(19-8-4-3-5-9-19)31-24-11-7-6-10-21(22)24/h3-16,23H,1-2H3,(H,33,36)(H,32,35,38)/b30-16-/t23-/m0/s1. The third-order valence-electron chi connectivity index (χ3n) is 6.37. The quantitative estimate of drug-likeness (QED) is 0.176. The van der Waals surface area contributed by atoms with Crippen molar-refractivity contribution >= 4 is 57.9 Å². The summed E-state index contributed by atoms with van der Waals surface area (Å²) in [4.78, 5) is 44.9. The first-order valence-electron chi connectivity index (χ1n) is 11.9. The highest BCUT2D eigenvalue weighted by Crippen LogP contribution is 2.25. The molecule has 0 unspecified atom stereocenters. The lowest BCUT2D eigenvalue weighted by molar-refractivity contribution is -0.130. The Morgan fingerprint density at radius 2 is 1.74 bits per heavy atom. The van der Waals surface area contributed by atoms with Crippen LogP contribution in [0.25, 0.3) is 22.2 Å². The monoisotopic (exact) mass is 521 g/mol. The topological polar surface area (TPSA) is 104 Å². The number of thiocarbonyl (C=S) groups is 1. The number of aromatic nitrogens is 1. The Morgan fingerprint density at radius 1 is 1.00 bits per heavy atom. The van der Waals surface area contributed by atoms with E-state index in [0.717, 1.165) is 22.9 Å². The van der Waals surface area contributed by atoms with Gasteiger partial charge in [-0.25, -0.2) is 10.4 Å². The molecule has 3 amide bonds. The van der Waals surface area contributed by atoms with E-state index in [2.05, 4.69) is 20.8 Å². The van der Waals surface area contributed by atoms with Crippen molar-refractivity contribution < 1.29 is 14.4 Å². The van der Waals surface area contributed by atoms with Gasteiger partial charge in [0, 0.05) is 17.2 Å². The number of carbonyl (C=O) groups is 3. The molecule has 1 atom stereocenters. The van der Waals surface area contributed by atoms with Crippen LogP contribution >= 0.6 is 12.2 Å². The van der Waals surface area contributed by atoms with Crippen LogP contribution < -0.4 is 15.6 Å². The molecule has 2 N–H and O–H groups in total. The van der Waals surface area contributed by atoms with Crippen LogP contribution in [-0.2, 0) is 9.59 Å². The zero-order valence-electron chi connectivity index (χ0n) is 20.6. The summed E-state index contributed by atoms with van der Waals surface area (Å²) in [6, 6.07) is 24.0. The molecule has 0 aliphatic carbocycles. The number of para-hydroxylation sites is 1. The molecule has 8 nitrogen and oxygen atoms in total. The number of hydrazone groups is 1. The van der Waals surface area contributed by atoms with Crippen molar-refractivity contribution in [2.24, 2.45) is 11.0 Å². The number of fused-ring (bicyclic) bond motifs is 1. The molecule has 1 fully saturated rings. The number of nitrogens with zero attached hydrogens (tertiary/aromatic N) is 3. The second kappa shape index (κ2) is 10.3. The SMILES string of the molecule is Cc1ccc(N2C(=O)[C@@H](/C=N\NC(=O)c3cc(-c4ccccc4)nc4ccccc34)C(=O)NC2=S)cc1C. The molecule has 188 valence electrons. The van der Waals surface area contributed by atoms with Crippen LogP contribution in [0, 0.1) is 19.8 Å². The molecule has 0 bridgehead atoms. The Kier molecular flexibility index (Phi) is 6.76. The predicted molar refractivity (Wildman–Crippen MR) is 151 cm³/mol. The molecule has 1 aliphatic rings. The van der Waals surface area contributed by atoms with E-state index >= 15 is 0 Å². The first kappa shape index (κ1) is 24.9. The van der Waals surface area contributed by atoms with E-state index in [0.29, 0.717) is 27.8 Å². The van der Waals surface area contributed by atoms with Crippen LogP contribution in [0.5, 0.6) is 0 Å². The van der Waals surface area contributed by atoms with E-state index in [4.69, 9.17) is 12.2 Å². The molecule has 5 rings (SSSR count). The van der Waals surface area contributed by atoms with E-state index in [1.54, 1.807) is 18.2 Å². The largest absolute Gasteiger partial charge is 0.301 e. The maximum atomic E-state index is 13.2. The van der Waals surface area contributed by atoms with Crippen LogP contribution in [0.1, 0.15) is 21.5 Å². The maximum absolute atomic E-state index is 13.2.